The highest BCUT2D eigenvalue weighted by atomic mass is 16.4. The molecule has 1 heterocycles. The van der Waals surface area contributed by atoms with Crippen LogP contribution in [0.2, 0.25) is 0 Å². The van der Waals surface area contributed by atoms with Crippen LogP contribution in [0.15, 0.2) is 6.07 Å². The Morgan fingerprint density at radius 3 is 2.81 bits per heavy atom. The molecule has 1 aliphatic rings. The molecule has 21 heavy (non-hydrogen) atoms. The van der Waals surface area contributed by atoms with Gasteiger partial charge in [0.05, 0.1) is 22.9 Å². The topological polar surface area (TPSA) is 92.2 Å². The van der Waals surface area contributed by atoms with Crippen molar-refractivity contribution < 1.29 is 14.7 Å². The summed E-state index contributed by atoms with van der Waals surface area (Å²) in [7, 11) is 0. The van der Waals surface area contributed by atoms with Gasteiger partial charge in [0.15, 0.2) is 0 Å². The highest BCUT2D eigenvalue weighted by Gasteiger charge is 2.33. The Hall–Kier alpha value is -1.98. The molecule has 1 aliphatic carbocycles. The van der Waals surface area contributed by atoms with E-state index in [1.54, 1.807) is 13.0 Å². The minimum atomic E-state index is -0.762. The van der Waals surface area contributed by atoms with Crippen LogP contribution in [-0.2, 0) is 11.2 Å². The van der Waals surface area contributed by atoms with Crippen LogP contribution >= 0.6 is 0 Å². The summed E-state index contributed by atoms with van der Waals surface area (Å²) in [6, 6.07) is 1.73. The van der Waals surface area contributed by atoms with Gasteiger partial charge in [0.2, 0.25) is 0 Å². The molecule has 1 aromatic rings. The number of carboxylic acids is 1. The first-order valence-electron chi connectivity index (χ1n) is 7.37. The number of aromatic nitrogens is 2. The number of rotatable bonds is 5. The van der Waals surface area contributed by atoms with Gasteiger partial charge >= 0.3 is 5.97 Å². The Morgan fingerprint density at radius 1 is 1.38 bits per heavy atom. The Bertz CT molecular complexity index is 545. The molecule has 0 saturated heterocycles. The molecule has 1 saturated carbocycles. The standard InChI is InChI=1S/C15H21N3O3/c1-3-13-12(7-9(2)17-18-13)14(19)16-8-10-5-4-6-11(10)15(20)21/h7,10-11H,3-6,8H2,1-2H3,(H,16,19)(H,20,21). The van der Waals surface area contributed by atoms with Gasteiger partial charge in [-0.15, -0.1) is 0 Å². The number of aliphatic carboxylic acids is 1. The van der Waals surface area contributed by atoms with Crippen LogP contribution < -0.4 is 5.32 Å². The molecule has 0 bridgehead atoms. The monoisotopic (exact) mass is 291 g/mol. The van der Waals surface area contributed by atoms with Crippen molar-refractivity contribution in [1.82, 2.24) is 15.5 Å². The average Bonchev–Trinajstić information content (AvgIpc) is 2.93. The van der Waals surface area contributed by atoms with E-state index in [0.29, 0.717) is 36.3 Å². The van der Waals surface area contributed by atoms with Gasteiger partial charge in [-0.1, -0.05) is 13.3 Å². The predicted octanol–water partition coefficient (Wildman–Crippen LogP) is 1.58. The number of amides is 1. The molecular weight excluding hydrogens is 270 g/mol. The van der Waals surface area contributed by atoms with E-state index in [1.165, 1.54) is 0 Å². The van der Waals surface area contributed by atoms with Crippen LogP contribution in [0, 0.1) is 18.8 Å². The summed E-state index contributed by atoms with van der Waals surface area (Å²) >= 11 is 0. The van der Waals surface area contributed by atoms with Crippen LogP contribution in [0.4, 0.5) is 0 Å². The Balaban J connectivity index is 2.02. The second-order valence-electron chi connectivity index (χ2n) is 5.55. The van der Waals surface area contributed by atoms with Crippen molar-refractivity contribution in [3.8, 4) is 0 Å². The number of hydrogen-bond acceptors (Lipinski definition) is 4. The van der Waals surface area contributed by atoms with Crippen molar-refractivity contribution in [3.05, 3.63) is 23.0 Å². The highest BCUT2D eigenvalue weighted by Crippen LogP contribution is 2.31. The zero-order valence-corrected chi connectivity index (χ0v) is 12.4. The summed E-state index contributed by atoms with van der Waals surface area (Å²) in [6.45, 7) is 4.12. The number of nitrogens with one attached hydrogen (secondary N) is 1. The fourth-order valence-corrected chi connectivity index (χ4v) is 2.90. The Labute approximate surface area is 124 Å². The van der Waals surface area contributed by atoms with Gasteiger partial charge in [0, 0.05) is 6.54 Å². The summed E-state index contributed by atoms with van der Waals surface area (Å²) < 4.78 is 0. The van der Waals surface area contributed by atoms with E-state index in [1.807, 2.05) is 6.92 Å². The lowest BCUT2D eigenvalue weighted by Gasteiger charge is -2.16. The van der Waals surface area contributed by atoms with Crippen molar-refractivity contribution in [2.24, 2.45) is 11.8 Å². The molecule has 6 nitrogen and oxygen atoms in total. The lowest BCUT2D eigenvalue weighted by atomic mass is 9.96. The van der Waals surface area contributed by atoms with Crippen molar-refractivity contribution in [3.63, 3.8) is 0 Å². The summed E-state index contributed by atoms with van der Waals surface area (Å²) in [6.07, 6.45) is 3.10. The number of carboxylic acid groups (broad SMARTS) is 1. The average molecular weight is 291 g/mol. The zero-order valence-electron chi connectivity index (χ0n) is 12.4. The minimum Gasteiger partial charge on any atom is -0.481 e. The van der Waals surface area contributed by atoms with E-state index in [4.69, 9.17) is 5.11 Å². The molecule has 2 N–H and O–H groups in total. The van der Waals surface area contributed by atoms with Crippen LogP contribution in [-0.4, -0.2) is 33.7 Å². The van der Waals surface area contributed by atoms with Crippen LogP contribution in [0.1, 0.15) is 47.9 Å². The third-order valence-corrected chi connectivity index (χ3v) is 4.07. The molecule has 0 aliphatic heterocycles. The van der Waals surface area contributed by atoms with E-state index in [-0.39, 0.29) is 17.7 Å². The molecule has 0 aromatic carbocycles. The van der Waals surface area contributed by atoms with Gasteiger partial charge in [-0.2, -0.15) is 10.2 Å². The second-order valence-corrected chi connectivity index (χ2v) is 5.55. The van der Waals surface area contributed by atoms with E-state index in [9.17, 15) is 9.59 Å². The van der Waals surface area contributed by atoms with Crippen LogP contribution in [0.5, 0.6) is 0 Å². The molecule has 2 unspecified atom stereocenters. The molecular formula is C15H21N3O3. The van der Waals surface area contributed by atoms with Crippen molar-refractivity contribution >= 4 is 11.9 Å². The molecule has 2 atom stereocenters. The van der Waals surface area contributed by atoms with Crippen molar-refractivity contribution in [1.29, 1.82) is 0 Å². The van der Waals surface area contributed by atoms with E-state index in [0.717, 1.165) is 12.8 Å². The third kappa shape index (κ3) is 3.56. The number of nitrogens with zero attached hydrogens (tertiary/aromatic N) is 2. The smallest absolute Gasteiger partial charge is 0.306 e. The molecule has 1 aromatic heterocycles. The largest absolute Gasteiger partial charge is 0.481 e. The molecule has 1 amide bonds. The molecule has 2 rings (SSSR count). The number of carbonyl (C=O) groups excluding carboxylic acids is 1. The first-order valence-corrected chi connectivity index (χ1v) is 7.37. The molecule has 6 heteroatoms. The lowest BCUT2D eigenvalue weighted by Crippen LogP contribution is -2.33. The first-order chi connectivity index (χ1) is 10.0. The first kappa shape index (κ1) is 15.4. The zero-order chi connectivity index (χ0) is 15.4. The van der Waals surface area contributed by atoms with Crippen LogP contribution in [0.25, 0.3) is 0 Å². The summed E-state index contributed by atoms with van der Waals surface area (Å²) in [4.78, 5) is 23.4. The molecule has 1 fully saturated rings. The fraction of sp³-hybridized carbons (Fsp3) is 0.600. The normalized spacial score (nSPS) is 21.2. The fourth-order valence-electron chi connectivity index (χ4n) is 2.90. The third-order valence-electron chi connectivity index (χ3n) is 4.07. The van der Waals surface area contributed by atoms with Gasteiger partial charge in [0.1, 0.15) is 0 Å². The summed E-state index contributed by atoms with van der Waals surface area (Å²) in [5.74, 6) is -1.27. The number of hydrogen-bond donors (Lipinski definition) is 2. The van der Waals surface area contributed by atoms with Crippen molar-refractivity contribution in [2.45, 2.75) is 39.5 Å². The second kappa shape index (κ2) is 6.65. The maximum atomic E-state index is 12.3. The Morgan fingerprint density at radius 2 is 2.14 bits per heavy atom. The summed E-state index contributed by atoms with van der Waals surface area (Å²) in [5, 5.41) is 20.0. The van der Waals surface area contributed by atoms with Gasteiger partial charge in [-0.3, -0.25) is 9.59 Å². The highest BCUT2D eigenvalue weighted by molar-refractivity contribution is 5.95. The molecule has 0 spiro atoms. The quantitative estimate of drug-likeness (QED) is 0.859. The van der Waals surface area contributed by atoms with Gasteiger partial charge < -0.3 is 10.4 Å². The molecule has 114 valence electrons. The maximum absolute atomic E-state index is 12.3. The maximum Gasteiger partial charge on any atom is 0.306 e. The van der Waals surface area contributed by atoms with Crippen molar-refractivity contribution in [2.75, 3.05) is 6.54 Å². The minimum absolute atomic E-state index is 0.0208. The van der Waals surface area contributed by atoms with Gasteiger partial charge in [-0.05, 0) is 38.2 Å². The SMILES string of the molecule is CCc1nnc(C)cc1C(=O)NCC1CCCC1C(=O)O. The number of carbonyl (C=O) groups is 2. The van der Waals surface area contributed by atoms with Crippen LogP contribution in [0.3, 0.4) is 0 Å². The van der Waals surface area contributed by atoms with E-state index < -0.39 is 5.97 Å². The van der Waals surface area contributed by atoms with Gasteiger partial charge in [-0.25, -0.2) is 0 Å². The van der Waals surface area contributed by atoms with E-state index >= 15 is 0 Å². The number of aryl methyl sites for hydroxylation is 2. The van der Waals surface area contributed by atoms with E-state index in [2.05, 4.69) is 15.5 Å². The van der Waals surface area contributed by atoms with Gasteiger partial charge in [0.25, 0.3) is 5.91 Å². The lowest BCUT2D eigenvalue weighted by molar-refractivity contribution is -0.142. The summed E-state index contributed by atoms with van der Waals surface area (Å²) in [5.41, 5.74) is 1.90. The Kier molecular flexibility index (Phi) is 4.88. The predicted molar refractivity (Wildman–Crippen MR) is 76.9 cm³/mol. The molecule has 0 radical (unpaired) electrons.